The first kappa shape index (κ1) is 27.6. The number of nitrogen functional groups attached to an aromatic ring is 2. The summed E-state index contributed by atoms with van der Waals surface area (Å²) in [6.45, 7) is 0. The number of rotatable bonds is 4. The van der Waals surface area contributed by atoms with Crippen LogP contribution in [0.1, 0.15) is 16.7 Å². The first-order valence-electron chi connectivity index (χ1n) is 9.38. The second kappa shape index (κ2) is 9.15. The molecule has 4 nitrogen and oxygen atoms in total. The van der Waals surface area contributed by atoms with Crippen molar-refractivity contribution in [3.8, 4) is 23.0 Å². The third kappa shape index (κ3) is 5.72. The summed E-state index contributed by atoms with van der Waals surface area (Å²) in [5.41, 5.74) is 2.09. The maximum absolute atomic E-state index is 15.1. The van der Waals surface area contributed by atoms with Crippen molar-refractivity contribution >= 4 is 11.4 Å². The van der Waals surface area contributed by atoms with Gasteiger partial charge in [0, 0.05) is 12.1 Å². The Balaban J connectivity index is 2.14. The molecule has 3 rings (SSSR count). The van der Waals surface area contributed by atoms with Crippen molar-refractivity contribution in [3.05, 3.63) is 70.5 Å². The van der Waals surface area contributed by atoms with Gasteiger partial charge in [-0.15, -0.1) is 0 Å². The predicted molar refractivity (Wildman–Crippen MR) is 103 cm³/mol. The second-order valence-electron chi connectivity index (χ2n) is 7.20. The molecule has 200 valence electrons. The zero-order chi connectivity index (χ0) is 28.1. The van der Waals surface area contributed by atoms with Gasteiger partial charge in [0.15, 0.2) is 23.1 Å². The Hall–Kier alpha value is -3.98. The molecule has 3 aromatic rings. The van der Waals surface area contributed by atoms with Crippen molar-refractivity contribution in [2.24, 2.45) is 0 Å². The lowest BCUT2D eigenvalue weighted by atomic mass is 10.1. The van der Waals surface area contributed by atoms with E-state index in [0.717, 1.165) is 0 Å². The smallest absolute Gasteiger partial charge is 0.420 e. The van der Waals surface area contributed by atoms with Gasteiger partial charge in [0.25, 0.3) is 0 Å². The van der Waals surface area contributed by atoms with Crippen LogP contribution in [-0.2, 0) is 18.5 Å². The molecule has 0 aliphatic carbocycles. The molecule has 37 heavy (non-hydrogen) atoms. The van der Waals surface area contributed by atoms with Gasteiger partial charge in [0.05, 0.1) is 22.5 Å². The fourth-order valence-electron chi connectivity index (χ4n) is 2.95. The number of anilines is 2. The van der Waals surface area contributed by atoms with E-state index in [1.807, 2.05) is 0 Å². The largest absolute Gasteiger partial charge is 0.454 e. The summed E-state index contributed by atoms with van der Waals surface area (Å²) in [6, 6.07) is 1.22. The van der Waals surface area contributed by atoms with E-state index in [0.29, 0.717) is 18.2 Å². The summed E-state index contributed by atoms with van der Waals surface area (Å²) in [5.74, 6) is -11.0. The zero-order valence-electron chi connectivity index (χ0n) is 17.5. The van der Waals surface area contributed by atoms with Crippen molar-refractivity contribution in [3.63, 3.8) is 0 Å². The lowest BCUT2D eigenvalue weighted by Gasteiger charge is -2.18. The van der Waals surface area contributed by atoms with Gasteiger partial charge in [-0.1, -0.05) is 0 Å². The molecule has 3 aromatic carbocycles. The number of hydrogen-bond donors (Lipinski definition) is 2. The SMILES string of the molecule is Nc1cc(Oc2ccc(C(F)(F)F)c(Oc3cc(N)c(F)c(C(F)(F)F)c3)c2F)cc(C(F)(F)F)c1F. The van der Waals surface area contributed by atoms with E-state index < -0.39 is 87.0 Å². The van der Waals surface area contributed by atoms with Crippen LogP contribution in [0, 0.1) is 17.5 Å². The van der Waals surface area contributed by atoms with Crippen LogP contribution in [-0.4, -0.2) is 0 Å². The molecule has 0 spiro atoms. The third-order valence-corrected chi connectivity index (χ3v) is 4.57. The van der Waals surface area contributed by atoms with Gasteiger partial charge in [0.2, 0.25) is 5.82 Å². The lowest BCUT2D eigenvalue weighted by Crippen LogP contribution is -2.12. The van der Waals surface area contributed by atoms with E-state index in [-0.39, 0.29) is 18.2 Å². The van der Waals surface area contributed by atoms with E-state index in [4.69, 9.17) is 16.2 Å². The quantitative estimate of drug-likeness (QED) is 0.256. The summed E-state index contributed by atoms with van der Waals surface area (Å²) >= 11 is 0. The van der Waals surface area contributed by atoms with Crippen LogP contribution < -0.4 is 20.9 Å². The van der Waals surface area contributed by atoms with Crippen LogP contribution >= 0.6 is 0 Å². The molecule has 0 aromatic heterocycles. The minimum Gasteiger partial charge on any atom is -0.454 e. The first-order valence-corrected chi connectivity index (χ1v) is 9.38. The van der Waals surface area contributed by atoms with Crippen LogP contribution in [0.5, 0.6) is 23.0 Å². The van der Waals surface area contributed by atoms with E-state index >= 15 is 4.39 Å². The highest BCUT2D eigenvalue weighted by Gasteiger charge is 2.39. The van der Waals surface area contributed by atoms with Gasteiger partial charge in [0.1, 0.15) is 17.1 Å². The first-order chi connectivity index (χ1) is 16.8. The highest BCUT2D eigenvalue weighted by Crippen LogP contribution is 2.45. The molecule has 0 saturated heterocycles. The van der Waals surface area contributed by atoms with Gasteiger partial charge >= 0.3 is 18.5 Å². The Labute approximate surface area is 198 Å². The summed E-state index contributed by atoms with van der Waals surface area (Å²) in [5, 5.41) is 0. The maximum atomic E-state index is 15.1. The molecule has 0 fully saturated rings. The van der Waals surface area contributed by atoms with Crippen molar-refractivity contribution in [1.82, 2.24) is 0 Å². The monoisotopic (exact) mass is 550 g/mol. The molecule has 0 amide bonds. The molecule has 0 unspecified atom stereocenters. The van der Waals surface area contributed by atoms with Gasteiger partial charge in [-0.25, -0.2) is 8.78 Å². The highest BCUT2D eigenvalue weighted by atomic mass is 19.4. The predicted octanol–water partition coefficient (Wildman–Crippen LogP) is 7.91. The number of alkyl halides is 9. The number of nitrogens with two attached hydrogens (primary N) is 2. The Kier molecular flexibility index (Phi) is 6.83. The average Bonchev–Trinajstić information content (AvgIpc) is 2.73. The summed E-state index contributed by atoms with van der Waals surface area (Å²) < 4.78 is 170. The Bertz CT molecular complexity index is 1350. The van der Waals surface area contributed by atoms with E-state index in [1.165, 1.54) is 0 Å². The molecular formula is C21H10F12N2O2. The molecular weight excluding hydrogens is 540 g/mol. The zero-order valence-corrected chi connectivity index (χ0v) is 17.5. The summed E-state index contributed by atoms with van der Waals surface area (Å²) in [4.78, 5) is 0. The van der Waals surface area contributed by atoms with Crippen molar-refractivity contribution < 1.29 is 62.2 Å². The van der Waals surface area contributed by atoms with Crippen molar-refractivity contribution in [2.75, 3.05) is 11.5 Å². The number of halogens is 12. The molecule has 4 N–H and O–H groups in total. The summed E-state index contributed by atoms with van der Waals surface area (Å²) in [6.07, 6.45) is -16.0. The Morgan fingerprint density at radius 3 is 1.32 bits per heavy atom. The normalized spacial score (nSPS) is 12.5. The molecule has 0 aliphatic heterocycles. The van der Waals surface area contributed by atoms with Crippen LogP contribution in [0.15, 0.2) is 36.4 Å². The average molecular weight is 550 g/mol. The maximum Gasteiger partial charge on any atom is 0.420 e. The second-order valence-corrected chi connectivity index (χ2v) is 7.20. The van der Waals surface area contributed by atoms with E-state index in [1.54, 1.807) is 0 Å². The fourth-order valence-corrected chi connectivity index (χ4v) is 2.95. The molecule has 0 atom stereocenters. The molecule has 0 saturated carbocycles. The molecule has 16 heteroatoms. The van der Waals surface area contributed by atoms with Crippen LogP contribution in [0.2, 0.25) is 0 Å². The fraction of sp³-hybridized carbons (Fsp3) is 0.143. The standard InChI is InChI=1S/C21H10F12N2O2/c22-15-10(20(28,29)30)3-7(5-12(15)34)36-14-2-1-9(19(25,26)27)18(17(14)24)37-8-4-11(21(31,32)33)16(23)13(35)6-8/h1-6H,34-35H2. The number of hydrogen-bond acceptors (Lipinski definition) is 4. The molecule has 0 heterocycles. The third-order valence-electron chi connectivity index (χ3n) is 4.57. The van der Waals surface area contributed by atoms with E-state index in [2.05, 4.69) is 4.74 Å². The Morgan fingerprint density at radius 2 is 0.919 bits per heavy atom. The van der Waals surface area contributed by atoms with Crippen molar-refractivity contribution in [2.45, 2.75) is 18.5 Å². The Morgan fingerprint density at radius 1 is 0.514 bits per heavy atom. The van der Waals surface area contributed by atoms with Crippen LogP contribution in [0.25, 0.3) is 0 Å². The molecule has 0 radical (unpaired) electrons. The highest BCUT2D eigenvalue weighted by molar-refractivity contribution is 5.55. The van der Waals surface area contributed by atoms with Crippen LogP contribution in [0.3, 0.4) is 0 Å². The van der Waals surface area contributed by atoms with Crippen molar-refractivity contribution in [1.29, 1.82) is 0 Å². The topological polar surface area (TPSA) is 70.5 Å². The lowest BCUT2D eigenvalue weighted by molar-refractivity contribution is -0.141. The minimum atomic E-state index is -5.37. The summed E-state index contributed by atoms with van der Waals surface area (Å²) in [7, 11) is 0. The van der Waals surface area contributed by atoms with Crippen LogP contribution in [0.4, 0.5) is 64.1 Å². The number of ether oxygens (including phenoxy) is 2. The van der Waals surface area contributed by atoms with Gasteiger partial charge in [-0.2, -0.15) is 43.9 Å². The van der Waals surface area contributed by atoms with Gasteiger partial charge < -0.3 is 20.9 Å². The number of benzene rings is 3. The molecule has 0 bridgehead atoms. The van der Waals surface area contributed by atoms with E-state index in [9.17, 15) is 48.3 Å². The van der Waals surface area contributed by atoms with Gasteiger partial charge in [-0.3, -0.25) is 0 Å². The molecule has 0 aliphatic rings. The van der Waals surface area contributed by atoms with Gasteiger partial charge in [-0.05, 0) is 24.3 Å². The minimum absolute atomic E-state index is 0.0413.